The predicted molar refractivity (Wildman–Crippen MR) is 63.1 cm³/mol. The third kappa shape index (κ3) is 4.72. The molecule has 3 heteroatoms. The highest BCUT2D eigenvalue weighted by atomic mass is 15.2. The summed E-state index contributed by atoms with van der Waals surface area (Å²) in [5.74, 6) is 5.51. The summed E-state index contributed by atoms with van der Waals surface area (Å²) in [5, 5.41) is 0. The van der Waals surface area contributed by atoms with E-state index in [-0.39, 0.29) is 0 Å². The van der Waals surface area contributed by atoms with Gasteiger partial charge in [0, 0.05) is 18.4 Å². The lowest BCUT2D eigenvalue weighted by molar-refractivity contribution is 0.478. The number of pyridine rings is 1. The molecule has 0 aliphatic heterocycles. The molecule has 1 unspecified atom stereocenters. The van der Waals surface area contributed by atoms with Gasteiger partial charge in [-0.2, -0.15) is 0 Å². The van der Waals surface area contributed by atoms with Gasteiger partial charge in [-0.3, -0.25) is 16.3 Å². The zero-order valence-electron chi connectivity index (χ0n) is 9.02. The van der Waals surface area contributed by atoms with Crippen LogP contribution in [-0.4, -0.2) is 11.0 Å². The zero-order valence-corrected chi connectivity index (χ0v) is 9.02. The number of nitrogens with one attached hydrogen (secondary N) is 1. The van der Waals surface area contributed by atoms with Crippen molar-refractivity contribution < 1.29 is 0 Å². The van der Waals surface area contributed by atoms with Gasteiger partial charge in [0.2, 0.25) is 0 Å². The molecule has 1 atom stereocenters. The zero-order chi connectivity index (χ0) is 10.9. The summed E-state index contributed by atoms with van der Waals surface area (Å²) >= 11 is 0. The van der Waals surface area contributed by atoms with Gasteiger partial charge in [-0.25, -0.2) is 0 Å². The van der Waals surface area contributed by atoms with Crippen molar-refractivity contribution in [2.75, 3.05) is 0 Å². The molecule has 0 fully saturated rings. The summed E-state index contributed by atoms with van der Waals surface area (Å²) < 4.78 is 0. The van der Waals surface area contributed by atoms with E-state index in [0.29, 0.717) is 6.04 Å². The highest BCUT2D eigenvalue weighted by molar-refractivity contribution is 5.09. The van der Waals surface area contributed by atoms with Crippen molar-refractivity contribution in [3.8, 4) is 0 Å². The largest absolute Gasteiger partial charge is 0.271 e. The van der Waals surface area contributed by atoms with E-state index in [1.165, 1.54) is 5.56 Å². The molecule has 82 valence electrons. The Hall–Kier alpha value is -1.19. The molecule has 3 N–H and O–H groups in total. The van der Waals surface area contributed by atoms with E-state index in [4.69, 9.17) is 5.84 Å². The molecular formula is C12H19N3. The van der Waals surface area contributed by atoms with Gasteiger partial charge in [0.15, 0.2) is 0 Å². The minimum absolute atomic E-state index is 0.328. The molecule has 3 nitrogen and oxygen atoms in total. The van der Waals surface area contributed by atoms with Crippen LogP contribution in [0.5, 0.6) is 0 Å². The number of allylic oxidation sites excluding steroid dienone is 1. The lowest BCUT2D eigenvalue weighted by Crippen LogP contribution is -2.36. The maximum atomic E-state index is 5.51. The SMILES string of the molecule is C=CCCCC(Cc1cccnc1)NN. The Morgan fingerprint density at radius 3 is 3.07 bits per heavy atom. The van der Waals surface area contributed by atoms with Gasteiger partial charge in [0.1, 0.15) is 0 Å². The number of hydrazine groups is 1. The van der Waals surface area contributed by atoms with Crippen molar-refractivity contribution in [1.29, 1.82) is 0 Å². The standard InChI is InChI=1S/C12H19N3/c1-2-3-4-7-12(15-13)9-11-6-5-8-14-10-11/h2,5-6,8,10,12,15H,1,3-4,7,9,13H2. The van der Waals surface area contributed by atoms with Crippen LogP contribution in [0.1, 0.15) is 24.8 Å². The molecular weight excluding hydrogens is 186 g/mol. The second-order valence-corrected chi connectivity index (χ2v) is 3.65. The van der Waals surface area contributed by atoms with Crippen molar-refractivity contribution >= 4 is 0 Å². The van der Waals surface area contributed by atoms with Gasteiger partial charge in [-0.15, -0.1) is 6.58 Å². The van der Waals surface area contributed by atoms with Crippen LogP contribution in [-0.2, 0) is 6.42 Å². The van der Waals surface area contributed by atoms with Crippen LogP contribution < -0.4 is 11.3 Å². The lowest BCUT2D eigenvalue weighted by Gasteiger charge is -2.14. The molecule has 0 saturated carbocycles. The summed E-state index contributed by atoms with van der Waals surface area (Å²) in [5.41, 5.74) is 4.07. The predicted octanol–water partition coefficient (Wildman–Crippen LogP) is 1.81. The van der Waals surface area contributed by atoms with Crippen LogP contribution >= 0.6 is 0 Å². The molecule has 0 aliphatic carbocycles. The quantitative estimate of drug-likeness (QED) is 0.309. The number of hydrogen-bond acceptors (Lipinski definition) is 3. The molecule has 0 amide bonds. The topological polar surface area (TPSA) is 50.9 Å². The third-order valence-electron chi connectivity index (χ3n) is 2.40. The fourth-order valence-corrected chi connectivity index (χ4v) is 1.56. The van der Waals surface area contributed by atoms with E-state index in [2.05, 4.69) is 23.1 Å². The molecule has 1 aromatic heterocycles. The Bertz CT molecular complexity index is 271. The van der Waals surface area contributed by atoms with Gasteiger partial charge in [0.25, 0.3) is 0 Å². The first-order valence-electron chi connectivity index (χ1n) is 5.32. The van der Waals surface area contributed by atoms with E-state index >= 15 is 0 Å². The number of rotatable bonds is 7. The first-order valence-corrected chi connectivity index (χ1v) is 5.32. The summed E-state index contributed by atoms with van der Waals surface area (Å²) in [6, 6.07) is 4.35. The molecule has 0 radical (unpaired) electrons. The second-order valence-electron chi connectivity index (χ2n) is 3.65. The van der Waals surface area contributed by atoms with Gasteiger partial charge in [-0.1, -0.05) is 12.1 Å². The summed E-state index contributed by atoms with van der Waals surface area (Å²) in [7, 11) is 0. The highest BCUT2D eigenvalue weighted by Gasteiger charge is 2.06. The molecule has 1 heterocycles. The Labute approximate surface area is 91.4 Å². The van der Waals surface area contributed by atoms with E-state index in [1.54, 1.807) is 6.20 Å². The van der Waals surface area contributed by atoms with E-state index in [0.717, 1.165) is 25.7 Å². The maximum Gasteiger partial charge on any atom is 0.0300 e. The lowest BCUT2D eigenvalue weighted by atomic mass is 10.0. The first kappa shape index (κ1) is 11.9. The molecule has 1 aromatic rings. The highest BCUT2D eigenvalue weighted by Crippen LogP contribution is 2.07. The Balaban J connectivity index is 2.36. The molecule has 0 spiro atoms. The molecule has 0 bridgehead atoms. The molecule has 1 rings (SSSR count). The first-order chi connectivity index (χ1) is 7.36. The smallest absolute Gasteiger partial charge is 0.0300 e. The fraction of sp³-hybridized carbons (Fsp3) is 0.417. The number of hydrogen-bond donors (Lipinski definition) is 2. The average Bonchev–Trinajstić information content (AvgIpc) is 2.29. The minimum atomic E-state index is 0.328. The molecule has 15 heavy (non-hydrogen) atoms. The third-order valence-corrected chi connectivity index (χ3v) is 2.40. The monoisotopic (exact) mass is 205 g/mol. The molecule has 0 aliphatic rings. The van der Waals surface area contributed by atoms with Crippen LogP contribution in [0.2, 0.25) is 0 Å². The van der Waals surface area contributed by atoms with Crippen molar-refractivity contribution in [3.63, 3.8) is 0 Å². The van der Waals surface area contributed by atoms with E-state index < -0.39 is 0 Å². The van der Waals surface area contributed by atoms with Crippen LogP contribution in [0.4, 0.5) is 0 Å². The van der Waals surface area contributed by atoms with Crippen molar-refractivity contribution in [1.82, 2.24) is 10.4 Å². The van der Waals surface area contributed by atoms with Crippen LogP contribution in [0, 0.1) is 0 Å². The number of unbranched alkanes of at least 4 members (excludes halogenated alkanes) is 1. The van der Waals surface area contributed by atoms with Gasteiger partial charge < -0.3 is 0 Å². The fourth-order valence-electron chi connectivity index (χ4n) is 1.56. The van der Waals surface area contributed by atoms with Crippen LogP contribution in [0.3, 0.4) is 0 Å². The second kappa shape index (κ2) is 7.15. The molecule has 0 aromatic carbocycles. The van der Waals surface area contributed by atoms with E-state index in [1.807, 2.05) is 18.3 Å². The average molecular weight is 205 g/mol. The van der Waals surface area contributed by atoms with Crippen molar-refractivity contribution in [2.45, 2.75) is 31.7 Å². The van der Waals surface area contributed by atoms with Gasteiger partial charge in [-0.05, 0) is 37.3 Å². The van der Waals surface area contributed by atoms with Crippen molar-refractivity contribution in [3.05, 3.63) is 42.7 Å². The maximum absolute atomic E-state index is 5.51. The number of nitrogens with two attached hydrogens (primary N) is 1. The summed E-state index contributed by atoms with van der Waals surface area (Å²) in [6.07, 6.45) is 9.78. The Kier molecular flexibility index (Phi) is 5.66. The van der Waals surface area contributed by atoms with E-state index in [9.17, 15) is 0 Å². The van der Waals surface area contributed by atoms with Crippen LogP contribution in [0.15, 0.2) is 37.2 Å². The van der Waals surface area contributed by atoms with Crippen LogP contribution in [0.25, 0.3) is 0 Å². The van der Waals surface area contributed by atoms with Gasteiger partial charge in [0.05, 0.1) is 0 Å². The Morgan fingerprint density at radius 1 is 1.60 bits per heavy atom. The number of aromatic nitrogens is 1. The molecule has 0 saturated heterocycles. The van der Waals surface area contributed by atoms with Crippen molar-refractivity contribution in [2.24, 2.45) is 5.84 Å². The Morgan fingerprint density at radius 2 is 2.47 bits per heavy atom. The number of nitrogens with zero attached hydrogens (tertiary/aromatic N) is 1. The summed E-state index contributed by atoms with van der Waals surface area (Å²) in [4.78, 5) is 4.08. The summed E-state index contributed by atoms with van der Waals surface area (Å²) in [6.45, 7) is 3.71. The van der Waals surface area contributed by atoms with Gasteiger partial charge >= 0.3 is 0 Å². The normalized spacial score (nSPS) is 12.3. The minimum Gasteiger partial charge on any atom is -0.271 e.